The van der Waals surface area contributed by atoms with E-state index >= 15 is 0 Å². The van der Waals surface area contributed by atoms with Crippen LogP contribution in [0.3, 0.4) is 0 Å². The van der Waals surface area contributed by atoms with Crippen LogP contribution in [0.15, 0.2) is 12.1 Å². The topological polar surface area (TPSA) is 9.23 Å². The molecule has 170 valence electrons. The molecule has 0 N–H and O–H groups in total. The Bertz CT molecular complexity index is 628. The van der Waals surface area contributed by atoms with Crippen molar-refractivity contribution in [3.63, 3.8) is 0 Å². The van der Waals surface area contributed by atoms with Gasteiger partial charge in [-0.15, -0.1) is 0 Å². The molecule has 2 fully saturated rings. The van der Waals surface area contributed by atoms with Crippen molar-refractivity contribution in [3.8, 4) is 5.75 Å². The summed E-state index contributed by atoms with van der Waals surface area (Å²) in [4.78, 5) is 0. The summed E-state index contributed by atoms with van der Waals surface area (Å²) in [5.74, 6) is 1.43. The standard InChI is InChI=1S/C27H42F2O/c1-3-5-19-30-25-18-17-24(26(28)27(25)29)23-15-13-22(14-16-23)12-11-21-9-7-20(6-4-2)8-10-21/h17-18,20-23H,3-16,19H2,1-2H3. The van der Waals surface area contributed by atoms with Crippen LogP contribution in [0.4, 0.5) is 8.78 Å². The Hall–Kier alpha value is -1.12. The van der Waals surface area contributed by atoms with Crippen molar-refractivity contribution in [3.05, 3.63) is 29.3 Å². The molecule has 0 amide bonds. The van der Waals surface area contributed by atoms with E-state index in [9.17, 15) is 8.78 Å². The number of unbranched alkanes of at least 4 members (excludes halogenated alkanes) is 1. The minimum absolute atomic E-state index is 0.0621. The quantitative estimate of drug-likeness (QED) is 0.344. The van der Waals surface area contributed by atoms with Gasteiger partial charge in [0.25, 0.3) is 0 Å². The van der Waals surface area contributed by atoms with E-state index in [1.165, 1.54) is 51.4 Å². The van der Waals surface area contributed by atoms with Crippen molar-refractivity contribution in [1.29, 1.82) is 0 Å². The molecule has 0 bridgehead atoms. The zero-order valence-electron chi connectivity index (χ0n) is 19.2. The molecule has 3 rings (SSSR count). The molecule has 0 saturated heterocycles. The first kappa shape index (κ1) is 23.5. The third-order valence-corrected chi connectivity index (χ3v) is 7.77. The Morgan fingerprint density at radius 3 is 1.87 bits per heavy atom. The van der Waals surface area contributed by atoms with Crippen molar-refractivity contribution in [1.82, 2.24) is 0 Å². The molecule has 2 aliphatic rings. The highest BCUT2D eigenvalue weighted by Gasteiger charge is 2.28. The van der Waals surface area contributed by atoms with Gasteiger partial charge in [0.15, 0.2) is 11.6 Å². The molecule has 3 heteroatoms. The number of rotatable bonds is 10. The smallest absolute Gasteiger partial charge is 0.200 e. The fourth-order valence-electron chi connectivity index (χ4n) is 5.75. The monoisotopic (exact) mass is 420 g/mol. The highest BCUT2D eigenvalue weighted by atomic mass is 19.2. The maximum absolute atomic E-state index is 14.7. The van der Waals surface area contributed by atoms with E-state index in [2.05, 4.69) is 13.8 Å². The fraction of sp³-hybridized carbons (Fsp3) is 0.778. The second-order valence-electron chi connectivity index (χ2n) is 9.95. The molecule has 0 spiro atoms. The van der Waals surface area contributed by atoms with Crippen molar-refractivity contribution >= 4 is 0 Å². The molecule has 2 aliphatic carbocycles. The Morgan fingerprint density at radius 1 is 0.733 bits per heavy atom. The van der Waals surface area contributed by atoms with Gasteiger partial charge < -0.3 is 4.74 Å². The van der Waals surface area contributed by atoms with Crippen molar-refractivity contribution in [2.45, 2.75) is 110 Å². The third kappa shape index (κ3) is 6.44. The Labute approximate surface area is 183 Å². The predicted octanol–water partition coefficient (Wildman–Crippen LogP) is 8.80. The molecule has 0 radical (unpaired) electrons. The normalized spacial score (nSPS) is 27.2. The first-order chi connectivity index (χ1) is 14.6. The summed E-state index contributed by atoms with van der Waals surface area (Å²) in [5, 5.41) is 0. The Morgan fingerprint density at radius 2 is 1.30 bits per heavy atom. The van der Waals surface area contributed by atoms with E-state index in [-0.39, 0.29) is 11.7 Å². The minimum Gasteiger partial charge on any atom is -0.490 e. The summed E-state index contributed by atoms with van der Waals surface area (Å²) in [6, 6.07) is 3.39. The molecule has 1 aromatic carbocycles. The van der Waals surface area contributed by atoms with Crippen LogP contribution in [0.1, 0.15) is 115 Å². The fourth-order valence-corrected chi connectivity index (χ4v) is 5.75. The van der Waals surface area contributed by atoms with E-state index in [1.54, 1.807) is 12.1 Å². The predicted molar refractivity (Wildman–Crippen MR) is 121 cm³/mol. The van der Waals surface area contributed by atoms with Crippen LogP contribution in [0.25, 0.3) is 0 Å². The molecule has 0 unspecified atom stereocenters. The van der Waals surface area contributed by atoms with Gasteiger partial charge >= 0.3 is 0 Å². The maximum atomic E-state index is 14.7. The lowest BCUT2D eigenvalue weighted by Crippen LogP contribution is -2.18. The molecule has 0 aromatic heterocycles. The molecule has 0 atom stereocenters. The summed E-state index contributed by atoms with van der Waals surface area (Å²) in [5.41, 5.74) is 0.558. The highest BCUT2D eigenvalue weighted by molar-refractivity contribution is 5.33. The maximum Gasteiger partial charge on any atom is 0.200 e. The Balaban J connectivity index is 1.42. The molecular formula is C27H42F2O. The zero-order valence-corrected chi connectivity index (χ0v) is 19.2. The molecule has 1 aromatic rings. The van der Waals surface area contributed by atoms with E-state index in [0.717, 1.165) is 56.3 Å². The third-order valence-electron chi connectivity index (χ3n) is 7.77. The molecular weight excluding hydrogens is 378 g/mol. The number of hydrogen-bond donors (Lipinski definition) is 0. The number of benzene rings is 1. The average Bonchev–Trinajstić information content (AvgIpc) is 2.77. The van der Waals surface area contributed by atoms with Gasteiger partial charge in [-0.3, -0.25) is 0 Å². The van der Waals surface area contributed by atoms with Crippen LogP contribution >= 0.6 is 0 Å². The molecule has 2 saturated carbocycles. The molecule has 30 heavy (non-hydrogen) atoms. The van der Waals surface area contributed by atoms with Crippen LogP contribution in [0.5, 0.6) is 5.75 Å². The van der Waals surface area contributed by atoms with Gasteiger partial charge in [0.1, 0.15) is 0 Å². The first-order valence-corrected chi connectivity index (χ1v) is 12.7. The summed E-state index contributed by atoms with van der Waals surface area (Å²) in [6.45, 7) is 4.80. The largest absolute Gasteiger partial charge is 0.490 e. The van der Waals surface area contributed by atoms with Gasteiger partial charge in [0, 0.05) is 0 Å². The lowest BCUT2D eigenvalue weighted by Gasteiger charge is -2.32. The summed E-state index contributed by atoms with van der Waals surface area (Å²) < 4.78 is 34.5. The number of ether oxygens (including phenoxy) is 1. The summed E-state index contributed by atoms with van der Waals surface area (Å²) in [7, 11) is 0. The van der Waals surface area contributed by atoms with E-state index in [1.807, 2.05) is 0 Å². The first-order valence-electron chi connectivity index (χ1n) is 12.7. The van der Waals surface area contributed by atoms with Gasteiger partial charge in [-0.1, -0.05) is 77.7 Å². The second kappa shape index (κ2) is 12.1. The Kier molecular flexibility index (Phi) is 9.46. The van der Waals surface area contributed by atoms with Crippen LogP contribution in [-0.2, 0) is 0 Å². The van der Waals surface area contributed by atoms with Crippen LogP contribution in [-0.4, -0.2) is 6.61 Å². The van der Waals surface area contributed by atoms with Gasteiger partial charge in [-0.25, -0.2) is 4.39 Å². The SMILES string of the molecule is CCCCOc1ccc(C2CCC(CCC3CCC(CCC)CC3)CC2)c(F)c1F. The minimum atomic E-state index is -0.801. The van der Waals surface area contributed by atoms with Crippen molar-refractivity contribution in [2.75, 3.05) is 6.61 Å². The lowest BCUT2D eigenvalue weighted by atomic mass is 9.74. The van der Waals surface area contributed by atoms with Crippen LogP contribution in [0, 0.1) is 29.4 Å². The van der Waals surface area contributed by atoms with E-state index < -0.39 is 11.6 Å². The molecule has 1 nitrogen and oxygen atoms in total. The zero-order chi connectivity index (χ0) is 21.3. The van der Waals surface area contributed by atoms with E-state index in [4.69, 9.17) is 4.74 Å². The molecule has 0 heterocycles. The molecule has 0 aliphatic heterocycles. The van der Waals surface area contributed by atoms with Crippen molar-refractivity contribution < 1.29 is 13.5 Å². The summed E-state index contributed by atoms with van der Waals surface area (Å²) in [6.07, 6.45) is 17.3. The average molecular weight is 421 g/mol. The van der Waals surface area contributed by atoms with Gasteiger partial charge in [-0.05, 0) is 67.4 Å². The van der Waals surface area contributed by atoms with Crippen LogP contribution < -0.4 is 4.74 Å². The highest BCUT2D eigenvalue weighted by Crippen LogP contribution is 2.41. The second-order valence-corrected chi connectivity index (χ2v) is 9.95. The van der Waals surface area contributed by atoms with Gasteiger partial charge in [0.2, 0.25) is 5.82 Å². The van der Waals surface area contributed by atoms with Crippen molar-refractivity contribution in [2.24, 2.45) is 17.8 Å². The van der Waals surface area contributed by atoms with Gasteiger partial charge in [0.05, 0.1) is 6.61 Å². The summed E-state index contributed by atoms with van der Waals surface area (Å²) >= 11 is 0. The number of halogens is 2. The number of hydrogen-bond acceptors (Lipinski definition) is 1. The van der Waals surface area contributed by atoms with Gasteiger partial charge in [-0.2, -0.15) is 4.39 Å². The van der Waals surface area contributed by atoms with E-state index in [0.29, 0.717) is 12.2 Å². The van der Waals surface area contributed by atoms with Crippen LogP contribution in [0.2, 0.25) is 0 Å². The lowest BCUT2D eigenvalue weighted by molar-refractivity contribution is 0.223.